The number of hydrogen-bond donors (Lipinski definition) is 3. The van der Waals surface area contributed by atoms with Gasteiger partial charge in [0.25, 0.3) is 0 Å². The summed E-state index contributed by atoms with van der Waals surface area (Å²) in [4.78, 5) is 45.1. The average molecular weight is 544 g/mol. The molecule has 5 rings (SSSR count). The molecule has 9 heteroatoms. The van der Waals surface area contributed by atoms with E-state index in [-0.39, 0.29) is 18.4 Å². The molecule has 1 aliphatic heterocycles. The van der Waals surface area contributed by atoms with E-state index >= 15 is 0 Å². The van der Waals surface area contributed by atoms with Crippen LogP contribution in [0.2, 0.25) is 0 Å². The van der Waals surface area contributed by atoms with Crippen molar-refractivity contribution in [1.29, 1.82) is 0 Å². The second kappa shape index (κ2) is 12.8. The Morgan fingerprint density at radius 3 is 2.55 bits per heavy atom. The summed E-state index contributed by atoms with van der Waals surface area (Å²) in [6.07, 6.45) is 7.75. The first-order chi connectivity index (χ1) is 19.5. The molecule has 2 aliphatic rings. The lowest BCUT2D eigenvalue weighted by atomic mass is 9.84. The predicted molar refractivity (Wildman–Crippen MR) is 153 cm³/mol. The molecule has 1 saturated heterocycles. The lowest BCUT2D eigenvalue weighted by molar-refractivity contribution is -0.149. The molecule has 9 nitrogen and oxygen atoms in total. The largest absolute Gasteiger partial charge is 0.445 e. The van der Waals surface area contributed by atoms with Crippen LogP contribution in [0.3, 0.4) is 0 Å². The Bertz CT molecular complexity index is 1340. The van der Waals surface area contributed by atoms with Crippen LogP contribution in [0.4, 0.5) is 10.6 Å². The highest BCUT2D eigenvalue weighted by Crippen LogP contribution is 2.29. The number of carbonyl (C=O) groups excluding carboxylic acids is 3. The molecule has 0 unspecified atom stereocenters. The number of carbonyl (C=O) groups is 3. The van der Waals surface area contributed by atoms with Gasteiger partial charge in [0.1, 0.15) is 24.5 Å². The molecule has 1 aliphatic carbocycles. The van der Waals surface area contributed by atoms with Gasteiger partial charge in [0.05, 0.1) is 0 Å². The first-order valence-electron chi connectivity index (χ1n) is 14.2. The van der Waals surface area contributed by atoms with Gasteiger partial charge in [-0.2, -0.15) is 0 Å². The SMILES string of the molecule is Nc1nccc2cc(CNC(=O)[C@@H]3CCN3C(=O)[C@@H](CC3CCCCC3)NC(=O)OCc3ccccc3)ccc12. The van der Waals surface area contributed by atoms with Gasteiger partial charge in [0.15, 0.2) is 0 Å². The molecule has 2 atom stereocenters. The third-order valence-electron chi connectivity index (χ3n) is 8.03. The second-order valence-corrected chi connectivity index (χ2v) is 10.8. The Hall–Kier alpha value is -4.14. The number of pyridine rings is 1. The smallest absolute Gasteiger partial charge is 0.408 e. The maximum absolute atomic E-state index is 13.6. The molecule has 4 N–H and O–H groups in total. The Morgan fingerprint density at radius 1 is 1.00 bits per heavy atom. The standard InChI is InChI=1S/C31H37N5O4/c32-28-25-12-11-23(17-24(25)13-15-33-28)19-34-29(37)27-14-16-36(27)30(38)26(18-21-7-3-1-4-8-21)35-31(39)40-20-22-9-5-2-6-10-22/h2,5-6,9-13,15,17,21,26-27H,1,3-4,7-8,14,16,18-20H2,(H2,32,33)(H,34,37)(H,35,39)/t26-,27+/m1/s1. The summed E-state index contributed by atoms with van der Waals surface area (Å²) in [6.45, 7) is 0.954. The highest BCUT2D eigenvalue weighted by Gasteiger charge is 2.41. The number of nitrogen functional groups attached to an aromatic ring is 1. The number of nitrogens with zero attached hydrogens (tertiary/aromatic N) is 2. The zero-order valence-electron chi connectivity index (χ0n) is 22.7. The molecule has 2 heterocycles. The van der Waals surface area contributed by atoms with Crippen molar-refractivity contribution < 1.29 is 19.1 Å². The van der Waals surface area contributed by atoms with Crippen molar-refractivity contribution in [2.45, 2.75) is 70.2 Å². The van der Waals surface area contributed by atoms with Crippen LogP contribution in [0.25, 0.3) is 10.8 Å². The van der Waals surface area contributed by atoms with Gasteiger partial charge in [-0.3, -0.25) is 9.59 Å². The van der Waals surface area contributed by atoms with Crippen molar-refractivity contribution in [3.8, 4) is 0 Å². The van der Waals surface area contributed by atoms with Crippen LogP contribution in [0, 0.1) is 5.92 Å². The first kappa shape index (κ1) is 27.4. The molecule has 1 saturated carbocycles. The van der Waals surface area contributed by atoms with Gasteiger partial charge in [0, 0.05) is 24.7 Å². The number of amides is 3. The van der Waals surface area contributed by atoms with E-state index in [9.17, 15) is 14.4 Å². The third kappa shape index (κ3) is 6.70. The summed E-state index contributed by atoms with van der Waals surface area (Å²) < 4.78 is 5.42. The van der Waals surface area contributed by atoms with Gasteiger partial charge < -0.3 is 26.0 Å². The topological polar surface area (TPSA) is 127 Å². The first-order valence-corrected chi connectivity index (χ1v) is 14.2. The fourth-order valence-corrected chi connectivity index (χ4v) is 5.68. The molecule has 1 aromatic heterocycles. The van der Waals surface area contributed by atoms with Crippen LogP contribution in [0.15, 0.2) is 60.8 Å². The van der Waals surface area contributed by atoms with Crippen molar-refractivity contribution in [1.82, 2.24) is 20.5 Å². The highest BCUT2D eigenvalue weighted by atomic mass is 16.5. The normalized spacial score (nSPS) is 18.0. The van der Waals surface area contributed by atoms with Crippen LogP contribution in [0.1, 0.15) is 56.1 Å². The van der Waals surface area contributed by atoms with Gasteiger partial charge >= 0.3 is 6.09 Å². The molecule has 0 spiro atoms. The molecule has 210 valence electrons. The van der Waals surface area contributed by atoms with E-state index in [0.29, 0.717) is 37.7 Å². The maximum Gasteiger partial charge on any atom is 0.408 e. The number of rotatable bonds is 9. The minimum absolute atomic E-state index is 0.129. The minimum Gasteiger partial charge on any atom is -0.445 e. The lowest BCUT2D eigenvalue weighted by Crippen LogP contribution is -2.62. The number of ether oxygens (including phenoxy) is 1. The van der Waals surface area contributed by atoms with Gasteiger partial charge in [-0.15, -0.1) is 0 Å². The van der Waals surface area contributed by atoms with Crippen LogP contribution in [-0.4, -0.2) is 46.4 Å². The minimum atomic E-state index is -0.721. The van der Waals surface area contributed by atoms with Crippen molar-refractivity contribution in [3.63, 3.8) is 0 Å². The summed E-state index contributed by atoms with van der Waals surface area (Å²) in [6, 6.07) is 15.8. The fourth-order valence-electron chi connectivity index (χ4n) is 5.68. The monoisotopic (exact) mass is 543 g/mol. The van der Waals surface area contributed by atoms with Gasteiger partial charge in [-0.1, -0.05) is 74.6 Å². The van der Waals surface area contributed by atoms with Gasteiger partial charge in [0.2, 0.25) is 11.8 Å². The van der Waals surface area contributed by atoms with E-state index in [2.05, 4.69) is 15.6 Å². The van der Waals surface area contributed by atoms with E-state index in [1.807, 2.05) is 54.6 Å². The summed E-state index contributed by atoms with van der Waals surface area (Å²) >= 11 is 0. The van der Waals surface area contributed by atoms with E-state index < -0.39 is 18.2 Å². The molecular weight excluding hydrogens is 506 g/mol. The fraction of sp³-hybridized carbons (Fsp3) is 0.419. The number of hydrogen-bond acceptors (Lipinski definition) is 6. The van der Waals surface area contributed by atoms with Crippen molar-refractivity contribution in [2.75, 3.05) is 12.3 Å². The number of anilines is 1. The van der Waals surface area contributed by atoms with E-state index in [4.69, 9.17) is 10.5 Å². The predicted octanol–water partition coefficient (Wildman–Crippen LogP) is 4.30. The van der Waals surface area contributed by atoms with E-state index in [0.717, 1.165) is 47.6 Å². The average Bonchev–Trinajstić information content (AvgIpc) is 2.95. The molecular formula is C31H37N5O4. The van der Waals surface area contributed by atoms with Crippen LogP contribution in [-0.2, 0) is 27.5 Å². The number of fused-ring (bicyclic) bond motifs is 1. The Labute approximate surface area is 234 Å². The molecule has 3 amide bonds. The van der Waals surface area contributed by atoms with Crippen molar-refractivity contribution in [3.05, 3.63) is 71.9 Å². The summed E-state index contributed by atoms with van der Waals surface area (Å²) in [5.74, 6) is 0.416. The number of likely N-dealkylation sites (tertiary alicyclic amines) is 1. The number of nitrogens with two attached hydrogens (primary N) is 1. The van der Waals surface area contributed by atoms with Crippen LogP contribution < -0.4 is 16.4 Å². The zero-order valence-corrected chi connectivity index (χ0v) is 22.7. The highest BCUT2D eigenvalue weighted by molar-refractivity contribution is 5.93. The second-order valence-electron chi connectivity index (χ2n) is 10.8. The molecule has 0 bridgehead atoms. The lowest BCUT2D eigenvalue weighted by Gasteiger charge is -2.42. The molecule has 40 heavy (non-hydrogen) atoms. The molecule has 2 aromatic carbocycles. The summed E-state index contributed by atoms with van der Waals surface area (Å²) in [5.41, 5.74) is 7.75. The number of benzene rings is 2. The third-order valence-corrected chi connectivity index (χ3v) is 8.03. The summed E-state index contributed by atoms with van der Waals surface area (Å²) in [5, 5.41) is 7.62. The van der Waals surface area contributed by atoms with Crippen molar-refractivity contribution in [2.24, 2.45) is 5.92 Å². The Morgan fingerprint density at radius 2 is 1.80 bits per heavy atom. The van der Waals surface area contributed by atoms with E-state index in [1.165, 1.54) is 6.42 Å². The number of alkyl carbamates (subject to hydrolysis) is 1. The number of nitrogens with one attached hydrogen (secondary N) is 2. The molecule has 2 fully saturated rings. The quantitative estimate of drug-likeness (QED) is 0.369. The molecule has 0 radical (unpaired) electrons. The summed E-state index contributed by atoms with van der Waals surface area (Å²) in [7, 11) is 0. The van der Waals surface area contributed by atoms with E-state index in [1.54, 1.807) is 11.1 Å². The molecule has 3 aromatic rings. The van der Waals surface area contributed by atoms with Crippen LogP contribution >= 0.6 is 0 Å². The van der Waals surface area contributed by atoms with Crippen LogP contribution in [0.5, 0.6) is 0 Å². The van der Waals surface area contributed by atoms with Gasteiger partial charge in [-0.05, 0) is 47.4 Å². The Kier molecular flexibility index (Phi) is 8.78. The zero-order chi connectivity index (χ0) is 27.9. The van der Waals surface area contributed by atoms with Crippen molar-refractivity contribution >= 4 is 34.5 Å². The van der Waals surface area contributed by atoms with Gasteiger partial charge in [-0.25, -0.2) is 9.78 Å². The maximum atomic E-state index is 13.6. The number of aromatic nitrogens is 1. The Balaban J connectivity index is 1.19.